The first-order chi connectivity index (χ1) is 13.7. The normalized spacial score (nSPS) is 24.4. The Bertz CT molecular complexity index is 886. The molecule has 0 spiro atoms. The van der Waals surface area contributed by atoms with Gasteiger partial charge in [0.2, 0.25) is 5.91 Å². The van der Waals surface area contributed by atoms with Crippen molar-refractivity contribution in [3.05, 3.63) is 33.7 Å². The van der Waals surface area contributed by atoms with Crippen molar-refractivity contribution in [2.45, 2.75) is 24.1 Å². The van der Waals surface area contributed by atoms with Crippen LogP contribution in [0.25, 0.3) is 0 Å². The van der Waals surface area contributed by atoms with Gasteiger partial charge in [-0.1, -0.05) is 6.07 Å². The number of fused-ring (bicyclic) bond motifs is 1. The first-order valence-electron chi connectivity index (χ1n) is 8.43. The molecule has 3 heterocycles. The van der Waals surface area contributed by atoms with Crippen LogP contribution in [0.4, 0.5) is 0 Å². The average Bonchev–Trinajstić information content (AvgIpc) is 3.23. The highest BCUT2D eigenvalue weighted by Crippen LogP contribution is 2.46. The Morgan fingerprint density at radius 3 is 2.76 bits per heavy atom. The summed E-state index contributed by atoms with van der Waals surface area (Å²) in [5, 5.41) is 13.1. The number of nitrogens with one attached hydrogen (secondary N) is 1. The summed E-state index contributed by atoms with van der Waals surface area (Å²) in [5.74, 6) is -3.07. The van der Waals surface area contributed by atoms with Crippen LogP contribution < -0.4 is 11.1 Å². The molecule has 2 amide bonds. The van der Waals surface area contributed by atoms with Gasteiger partial charge in [-0.2, -0.15) is 0 Å². The Balaban J connectivity index is 1.84. The van der Waals surface area contributed by atoms with Gasteiger partial charge in [-0.3, -0.25) is 19.3 Å². The van der Waals surface area contributed by atoms with E-state index in [9.17, 15) is 24.3 Å². The quantitative estimate of drug-likeness (QED) is 0.302. The molecule has 0 bridgehead atoms. The third-order valence-corrected chi connectivity index (χ3v) is 6.85. The number of β-lactam (4-membered cyclic amide) rings is 1. The van der Waals surface area contributed by atoms with Gasteiger partial charge in [-0.05, 0) is 11.4 Å². The Hall–Kier alpha value is -2.41. The van der Waals surface area contributed by atoms with Crippen LogP contribution in [0.5, 0.6) is 0 Å². The Labute approximate surface area is 174 Å². The number of carbonyl (C=O) groups excluding carboxylic acids is 3. The molecule has 0 saturated carbocycles. The molecule has 1 aromatic heterocycles. The van der Waals surface area contributed by atoms with Crippen molar-refractivity contribution in [2.75, 3.05) is 19.5 Å². The molecule has 4 N–H and O–H groups in total. The third kappa shape index (κ3) is 3.64. The predicted molar refractivity (Wildman–Crippen MR) is 104 cm³/mol. The van der Waals surface area contributed by atoms with Gasteiger partial charge in [-0.25, -0.2) is 4.79 Å². The van der Waals surface area contributed by atoms with E-state index in [0.29, 0.717) is 4.88 Å². The van der Waals surface area contributed by atoms with E-state index in [1.54, 1.807) is 17.5 Å². The molecule has 1 aromatic rings. The number of hydrogen-bond donors (Lipinski definition) is 3. The van der Waals surface area contributed by atoms with E-state index in [-0.39, 0.29) is 23.6 Å². The lowest BCUT2D eigenvalue weighted by atomic mass is 9.97. The number of nitrogens with zero attached hydrogens (tertiary/aromatic N) is 1. The molecule has 3 atom stereocenters. The molecule has 2 aliphatic heterocycles. The van der Waals surface area contributed by atoms with Gasteiger partial charge >= 0.3 is 11.9 Å². The van der Waals surface area contributed by atoms with Crippen molar-refractivity contribution in [3.8, 4) is 0 Å². The van der Waals surface area contributed by atoms with Crippen LogP contribution in [0.15, 0.2) is 28.8 Å². The van der Waals surface area contributed by atoms with Crippen LogP contribution >= 0.6 is 23.1 Å². The minimum Gasteiger partial charge on any atom is -0.477 e. The predicted octanol–water partition coefficient (Wildman–Crippen LogP) is 0.0237. The number of ether oxygens (including phenoxy) is 2. The van der Waals surface area contributed by atoms with Crippen LogP contribution in [-0.2, 0) is 28.7 Å². The molecule has 156 valence electrons. The molecule has 10 nitrogen and oxygen atoms in total. The number of rotatable bonds is 7. The number of methoxy groups -OCH3 is 1. The highest BCUT2D eigenvalue weighted by Gasteiger charge is 2.66. The summed E-state index contributed by atoms with van der Waals surface area (Å²) in [6.45, 7) is 0.965. The fraction of sp³-hybridized carbons (Fsp3) is 0.412. The van der Waals surface area contributed by atoms with E-state index in [2.05, 4.69) is 5.32 Å². The number of thiophene rings is 1. The van der Waals surface area contributed by atoms with E-state index >= 15 is 0 Å². The van der Waals surface area contributed by atoms with Gasteiger partial charge in [0.25, 0.3) is 11.6 Å². The summed E-state index contributed by atoms with van der Waals surface area (Å²) in [7, 11) is 1.26. The largest absolute Gasteiger partial charge is 0.477 e. The summed E-state index contributed by atoms with van der Waals surface area (Å²) in [5.41, 5.74) is 4.24. The fourth-order valence-corrected chi connectivity index (χ4v) is 5.25. The smallest absolute Gasteiger partial charge is 0.352 e. The molecule has 0 aliphatic carbocycles. The van der Waals surface area contributed by atoms with Crippen LogP contribution in [-0.4, -0.2) is 64.3 Å². The second kappa shape index (κ2) is 8.14. The van der Waals surface area contributed by atoms with Gasteiger partial charge in [0, 0.05) is 30.2 Å². The summed E-state index contributed by atoms with van der Waals surface area (Å²) in [4.78, 5) is 50.0. The lowest BCUT2D eigenvalue weighted by molar-refractivity contribution is -0.192. The second-order valence-electron chi connectivity index (χ2n) is 6.30. The standard InChI is InChI=1S/C17H19N3O7S2/c1-8(21)27-6-9-7-29-16-17(26-2,15(25)20(16)12(9)14(23)24)19-13(22)11(18)10-4-3-5-28-10/h3-5,11,16H,6-7,18H2,1-2H3,(H,19,22)(H,23,24)/t11?,16-,17-/m0/s1. The first kappa shape index (κ1) is 21.3. The average molecular weight is 441 g/mol. The number of carboxylic acid groups (broad SMARTS) is 1. The topological polar surface area (TPSA) is 148 Å². The molecule has 0 radical (unpaired) electrons. The molecule has 1 fully saturated rings. The SMILES string of the molecule is CO[C@@]1(NC(=O)C(N)c2cccs2)C(=O)N2C(C(=O)O)=C(COC(C)=O)CS[C@H]21. The molecular formula is C17H19N3O7S2. The lowest BCUT2D eigenvalue weighted by Gasteiger charge is -2.55. The van der Waals surface area contributed by atoms with Gasteiger partial charge in [-0.15, -0.1) is 23.1 Å². The highest BCUT2D eigenvalue weighted by atomic mass is 32.2. The van der Waals surface area contributed by atoms with E-state index < -0.39 is 40.9 Å². The zero-order chi connectivity index (χ0) is 21.3. The van der Waals surface area contributed by atoms with Gasteiger partial charge in [0.1, 0.15) is 23.7 Å². The number of hydrogen-bond acceptors (Lipinski definition) is 9. The number of thioether (sulfide) groups is 1. The van der Waals surface area contributed by atoms with E-state index in [0.717, 1.165) is 4.90 Å². The Kier molecular flexibility index (Phi) is 5.98. The van der Waals surface area contributed by atoms with Crippen LogP contribution in [0.1, 0.15) is 17.8 Å². The summed E-state index contributed by atoms with van der Waals surface area (Å²) in [6.07, 6.45) is 0. The van der Waals surface area contributed by atoms with Crippen LogP contribution in [0.3, 0.4) is 0 Å². The van der Waals surface area contributed by atoms with E-state index in [1.807, 2.05) is 0 Å². The Morgan fingerprint density at radius 1 is 1.48 bits per heavy atom. The number of carbonyl (C=O) groups is 4. The highest BCUT2D eigenvalue weighted by molar-refractivity contribution is 8.00. The Morgan fingerprint density at radius 2 is 2.21 bits per heavy atom. The minimum atomic E-state index is -1.73. The summed E-state index contributed by atoms with van der Waals surface area (Å²) in [6, 6.07) is 2.46. The van der Waals surface area contributed by atoms with Crippen LogP contribution in [0.2, 0.25) is 0 Å². The van der Waals surface area contributed by atoms with Crippen molar-refractivity contribution in [1.82, 2.24) is 10.2 Å². The zero-order valence-electron chi connectivity index (χ0n) is 15.5. The summed E-state index contributed by atoms with van der Waals surface area (Å²) >= 11 is 2.50. The molecule has 12 heteroatoms. The van der Waals surface area contributed by atoms with E-state index in [4.69, 9.17) is 15.2 Å². The molecule has 3 rings (SSSR count). The molecule has 1 unspecified atom stereocenters. The van der Waals surface area contributed by atoms with Gasteiger partial charge < -0.3 is 25.6 Å². The maximum atomic E-state index is 12.9. The molecule has 0 aromatic carbocycles. The number of nitrogens with two attached hydrogens (primary N) is 1. The summed E-state index contributed by atoms with van der Waals surface area (Å²) < 4.78 is 10.3. The van der Waals surface area contributed by atoms with Crippen molar-refractivity contribution in [2.24, 2.45) is 5.73 Å². The van der Waals surface area contributed by atoms with Crippen molar-refractivity contribution in [1.29, 1.82) is 0 Å². The van der Waals surface area contributed by atoms with E-state index in [1.165, 1.54) is 37.1 Å². The maximum Gasteiger partial charge on any atom is 0.352 e. The number of esters is 1. The van der Waals surface area contributed by atoms with Crippen molar-refractivity contribution >= 4 is 46.9 Å². The number of amides is 2. The molecule has 1 saturated heterocycles. The minimum absolute atomic E-state index is 0.182. The second-order valence-corrected chi connectivity index (χ2v) is 8.35. The van der Waals surface area contributed by atoms with Crippen molar-refractivity contribution in [3.63, 3.8) is 0 Å². The number of carboxylic acids is 1. The number of aliphatic carboxylic acids is 1. The van der Waals surface area contributed by atoms with Crippen LogP contribution in [0, 0.1) is 0 Å². The molecular weight excluding hydrogens is 422 g/mol. The maximum absolute atomic E-state index is 12.9. The lowest BCUT2D eigenvalue weighted by Crippen LogP contribution is -2.81. The monoisotopic (exact) mass is 441 g/mol. The van der Waals surface area contributed by atoms with Gasteiger partial charge in [0.15, 0.2) is 0 Å². The van der Waals surface area contributed by atoms with Crippen molar-refractivity contribution < 1.29 is 33.8 Å². The zero-order valence-corrected chi connectivity index (χ0v) is 17.2. The molecule has 2 aliphatic rings. The van der Waals surface area contributed by atoms with Gasteiger partial charge in [0.05, 0.1) is 0 Å². The third-order valence-electron chi connectivity index (χ3n) is 4.53. The first-order valence-corrected chi connectivity index (χ1v) is 10.4. The fourth-order valence-electron chi connectivity index (χ4n) is 3.10. The molecule has 29 heavy (non-hydrogen) atoms.